The molecule has 1 heterocycles. The smallest absolute Gasteiger partial charge is 0.307 e. The standard InChI is InChI=1S/C13H12O2S/c14-13(15)11-5-4-9(11)10-3-1-2-8-6-7-16-12(8)10/h1-3,6-7,9,11H,4-5H2,(H,14,15). The van der Waals surface area contributed by atoms with Crippen molar-refractivity contribution in [2.45, 2.75) is 18.8 Å². The van der Waals surface area contributed by atoms with Gasteiger partial charge in [0.15, 0.2) is 0 Å². The van der Waals surface area contributed by atoms with E-state index in [1.54, 1.807) is 11.3 Å². The van der Waals surface area contributed by atoms with Crippen molar-refractivity contribution in [2.75, 3.05) is 0 Å². The van der Waals surface area contributed by atoms with Crippen LogP contribution >= 0.6 is 11.3 Å². The summed E-state index contributed by atoms with van der Waals surface area (Å²) in [6.45, 7) is 0. The molecule has 1 aromatic carbocycles. The number of benzene rings is 1. The SMILES string of the molecule is O=C(O)C1CCC1c1cccc2ccsc12. The first-order chi connectivity index (χ1) is 7.77. The van der Waals surface area contributed by atoms with Crippen LogP contribution in [0.5, 0.6) is 0 Å². The second-order valence-electron chi connectivity index (χ2n) is 4.31. The lowest BCUT2D eigenvalue weighted by Crippen LogP contribution is -2.30. The first kappa shape index (κ1) is 9.85. The lowest BCUT2D eigenvalue weighted by molar-refractivity contribution is -0.145. The van der Waals surface area contributed by atoms with Gasteiger partial charge in [-0.15, -0.1) is 11.3 Å². The average Bonchev–Trinajstić information content (AvgIpc) is 2.63. The van der Waals surface area contributed by atoms with Crippen LogP contribution < -0.4 is 0 Å². The third-order valence-electron chi connectivity index (χ3n) is 3.50. The highest BCUT2D eigenvalue weighted by Crippen LogP contribution is 2.45. The number of fused-ring (bicyclic) bond motifs is 1. The maximum absolute atomic E-state index is 11.0. The van der Waals surface area contributed by atoms with Gasteiger partial charge in [-0.2, -0.15) is 0 Å². The van der Waals surface area contributed by atoms with Crippen molar-refractivity contribution in [3.05, 3.63) is 35.2 Å². The fourth-order valence-corrected chi connectivity index (χ4v) is 3.45. The van der Waals surface area contributed by atoms with Crippen molar-refractivity contribution in [1.29, 1.82) is 0 Å². The number of rotatable bonds is 2. The molecule has 1 aromatic heterocycles. The van der Waals surface area contributed by atoms with Crippen LogP contribution in [0.3, 0.4) is 0 Å². The Labute approximate surface area is 97.5 Å². The molecule has 1 aliphatic carbocycles. The molecule has 16 heavy (non-hydrogen) atoms. The van der Waals surface area contributed by atoms with Crippen molar-refractivity contribution in [1.82, 2.24) is 0 Å². The summed E-state index contributed by atoms with van der Waals surface area (Å²) in [7, 11) is 0. The van der Waals surface area contributed by atoms with Crippen LogP contribution in [0.4, 0.5) is 0 Å². The van der Waals surface area contributed by atoms with Gasteiger partial charge in [0.2, 0.25) is 0 Å². The van der Waals surface area contributed by atoms with E-state index < -0.39 is 5.97 Å². The zero-order chi connectivity index (χ0) is 11.1. The lowest BCUT2D eigenvalue weighted by Gasteiger charge is -2.34. The molecule has 0 saturated heterocycles. The first-order valence-electron chi connectivity index (χ1n) is 5.46. The zero-order valence-corrected chi connectivity index (χ0v) is 9.54. The summed E-state index contributed by atoms with van der Waals surface area (Å²) in [5.74, 6) is -0.600. The summed E-state index contributed by atoms with van der Waals surface area (Å²) >= 11 is 1.71. The summed E-state index contributed by atoms with van der Waals surface area (Å²) < 4.78 is 1.26. The van der Waals surface area contributed by atoms with E-state index in [4.69, 9.17) is 5.11 Å². The number of hydrogen-bond donors (Lipinski definition) is 1. The Kier molecular flexibility index (Phi) is 2.21. The molecule has 0 amide bonds. The van der Waals surface area contributed by atoms with E-state index >= 15 is 0 Å². The number of carboxylic acid groups (broad SMARTS) is 1. The molecule has 1 fully saturated rings. The summed E-state index contributed by atoms with van der Waals surface area (Å²) in [6.07, 6.45) is 1.83. The van der Waals surface area contributed by atoms with Gasteiger partial charge in [0, 0.05) is 4.70 Å². The van der Waals surface area contributed by atoms with Gasteiger partial charge in [0.1, 0.15) is 0 Å². The van der Waals surface area contributed by atoms with Crippen molar-refractivity contribution in [2.24, 2.45) is 5.92 Å². The molecule has 2 unspecified atom stereocenters. The summed E-state index contributed by atoms with van der Waals surface area (Å²) in [5.41, 5.74) is 1.23. The van der Waals surface area contributed by atoms with Gasteiger partial charge < -0.3 is 5.11 Å². The maximum Gasteiger partial charge on any atom is 0.307 e. The predicted molar refractivity (Wildman–Crippen MR) is 64.9 cm³/mol. The first-order valence-corrected chi connectivity index (χ1v) is 6.34. The maximum atomic E-state index is 11.0. The largest absolute Gasteiger partial charge is 0.481 e. The Morgan fingerprint density at radius 1 is 1.31 bits per heavy atom. The highest BCUT2D eigenvalue weighted by atomic mass is 32.1. The molecule has 0 aliphatic heterocycles. The van der Waals surface area contributed by atoms with Crippen LogP contribution in [0.15, 0.2) is 29.6 Å². The quantitative estimate of drug-likeness (QED) is 0.860. The Hall–Kier alpha value is -1.35. The van der Waals surface area contributed by atoms with Crippen LogP contribution in [0.25, 0.3) is 10.1 Å². The molecular weight excluding hydrogens is 220 g/mol. The molecule has 0 radical (unpaired) electrons. The highest BCUT2D eigenvalue weighted by molar-refractivity contribution is 7.17. The van der Waals surface area contributed by atoms with Crippen LogP contribution in [-0.4, -0.2) is 11.1 Å². The average molecular weight is 232 g/mol. The zero-order valence-electron chi connectivity index (χ0n) is 8.72. The normalized spacial score (nSPS) is 24.2. The number of carboxylic acids is 1. The highest BCUT2D eigenvalue weighted by Gasteiger charge is 2.38. The van der Waals surface area contributed by atoms with Crippen LogP contribution in [0.2, 0.25) is 0 Å². The number of carbonyl (C=O) groups is 1. The molecule has 1 saturated carbocycles. The lowest BCUT2D eigenvalue weighted by atomic mass is 9.70. The molecule has 82 valence electrons. The summed E-state index contributed by atoms with van der Waals surface area (Å²) in [6, 6.07) is 8.29. The van der Waals surface area contributed by atoms with Gasteiger partial charge in [-0.05, 0) is 41.2 Å². The van der Waals surface area contributed by atoms with Crippen molar-refractivity contribution in [3.8, 4) is 0 Å². The molecule has 2 atom stereocenters. The molecule has 2 aromatic rings. The Morgan fingerprint density at radius 3 is 2.88 bits per heavy atom. The van der Waals surface area contributed by atoms with Gasteiger partial charge >= 0.3 is 5.97 Å². The molecule has 2 nitrogen and oxygen atoms in total. The predicted octanol–water partition coefficient (Wildman–Crippen LogP) is 3.48. The van der Waals surface area contributed by atoms with E-state index in [2.05, 4.69) is 23.6 Å². The molecule has 1 aliphatic rings. The number of thiophene rings is 1. The minimum absolute atomic E-state index is 0.173. The minimum Gasteiger partial charge on any atom is -0.481 e. The summed E-state index contributed by atoms with van der Waals surface area (Å²) in [4.78, 5) is 11.0. The van der Waals surface area contributed by atoms with Crippen LogP contribution in [0.1, 0.15) is 24.3 Å². The fourth-order valence-electron chi connectivity index (χ4n) is 2.48. The molecule has 0 bridgehead atoms. The second-order valence-corrected chi connectivity index (χ2v) is 5.23. The number of hydrogen-bond acceptors (Lipinski definition) is 2. The van der Waals surface area contributed by atoms with Crippen LogP contribution in [0, 0.1) is 5.92 Å². The van der Waals surface area contributed by atoms with E-state index in [0.717, 1.165) is 12.8 Å². The van der Waals surface area contributed by atoms with E-state index in [1.165, 1.54) is 15.6 Å². The molecular formula is C13H12O2S. The molecule has 3 rings (SSSR count). The van der Waals surface area contributed by atoms with Crippen molar-refractivity contribution >= 4 is 27.4 Å². The number of aliphatic carboxylic acids is 1. The fraction of sp³-hybridized carbons (Fsp3) is 0.308. The van der Waals surface area contributed by atoms with Crippen molar-refractivity contribution in [3.63, 3.8) is 0 Å². The van der Waals surface area contributed by atoms with Gasteiger partial charge in [-0.3, -0.25) is 4.79 Å². The van der Waals surface area contributed by atoms with E-state index in [9.17, 15) is 4.79 Å². The molecule has 1 N–H and O–H groups in total. The van der Waals surface area contributed by atoms with Gasteiger partial charge in [0.25, 0.3) is 0 Å². The molecule has 3 heteroatoms. The Balaban J connectivity index is 2.06. The molecule has 0 spiro atoms. The third kappa shape index (κ3) is 1.35. The minimum atomic E-state index is -0.648. The van der Waals surface area contributed by atoms with E-state index in [1.807, 2.05) is 6.07 Å². The summed E-state index contributed by atoms with van der Waals surface area (Å²) in [5, 5.41) is 12.4. The van der Waals surface area contributed by atoms with Crippen molar-refractivity contribution < 1.29 is 9.90 Å². The van der Waals surface area contributed by atoms with E-state index in [-0.39, 0.29) is 11.8 Å². The van der Waals surface area contributed by atoms with Gasteiger partial charge in [0.05, 0.1) is 5.92 Å². The van der Waals surface area contributed by atoms with E-state index in [0.29, 0.717) is 0 Å². The monoisotopic (exact) mass is 232 g/mol. The van der Waals surface area contributed by atoms with Gasteiger partial charge in [-0.25, -0.2) is 0 Å². The Bertz CT molecular complexity index is 544. The topological polar surface area (TPSA) is 37.3 Å². The Morgan fingerprint density at radius 2 is 2.19 bits per heavy atom. The third-order valence-corrected chi connectivity index (χ3v) is 4.48. The van der Waals surface area contributed by atoms with Crippen LogP contribution in [-0.2, 0) is 4.79 Å². The van der Waals surface area contributed by atoms with Gasteiger partial charge in [-0.1, -0.05) is 18.2 Å². The second kappa shape index (κ2) is 3.59.